The third-order valence-electron chi connectivity index (χ3n) is 4.29. The van der Waals surface area contributed by atoms with Crippen LogP contribution in [0.25, 0.3) is 10.8 Å². The van der Waals surface area contributed by atoms with E-state index in [0.29, 0.717) is 0 Å². The van der Waals surface area contributed by atoms with Gasteiger partial charge in [0.2, 0.25) is 5.91 Å². The summed E-state index contributed by atoms with van der Waals surface area (Å²) < 4.78 is 0. The van der Waals surface area contributed by atoms with Crippen LogP contribution in [-0.4, -0.2) is 12.5 Å². The fourth-order valence-electron chi connectivity index (χ4n) is 3.13. The van der Waals surface area contributed by atoms with Crippen molar-refractivity contribution in [1.29, 1.82) is 0 Å². The molecule has 2 nitrogen and oxygen atoms in total. The van der Waals surface area contributed by atoms with E-state index >= 15 is 0 Å². The molecule has 1 N–H and O–H groups in total. The molecule has 0 spiro atoms. The molecule has 2 fully saturated rings. The van der Waals surface area contributed by atoms with Gasteiger partial charge in [0.15, 0.2) is 0 Å². The van der Waals surface area contributed by atoms with E-state index in [4.69, 9.17) is 0 Å². The van der Waals surface area contributed by atoms with Gasteiger partial charge in [0.05, 0.1) is 5.92 Å². The lowest BCUT2D eigenvalue weighted by Gasteiger charge is -2.12. The maximum absolute atomic E-state index is 11.5. The van der Waals surface area contributed by atoms with Gasteiger partial charge >= 0.3 is 0 Å². The van der Waals surface area contributed by atoms with Crippen LogP contribution in [0.15, 0.2) is 42.5 Å². The minimum atomic E-state index is 0.112. The molecule has 2 aromatic rings. The lowest BCUT2D eigenvalue weighted by molar-refractivity contribution is -0.120. The zero-order valence-corrected chi connectivity index (χ0v) is 9.44. The van der Waals surface area contributed by atoms with Crippen LogP contribution in [-0.2, 0) is 10.2 Å². The molecule has 1 saturated carbocycles. The third kappa shape index (κ3) is 1.13. The average Bonchev–Trinajstić information content (AvgIpc) is 3.04. The summed E-state index contributed by atoms with van der Waals surface area (Å²) in [6, 6.07) is 15.0. The molecule has 1 heterocycles. The molecule has 1 amide bonds. The lowest BCUT2D eigenvalue weighted by atomic mass is 9.93. The number of benzene rings is 2. The molecule has 2 heteroatoms. The van der Waals surface area contributed by atoms with E-state index in [-0.39, 0.29) is 17.2 Å². The van der Waals surface area contributed by atoms with Crippen LogP contribution in [0.3, 0.4) is 0 Å². The van der Waals surface area contributed by atoms with Crippen molar-refractivity contribution >= 4 is 16.7 Å². The Balaban J connectivity index is 1.85. The molecule has 17 heavy (non-hydrogen) atoms. The van der Waals surface area contributed by atoms with Gasteiger partial charge in [-0.2, -0.15) is 0 Å². The maximum Gasteiger partial charge on any atom is 0.224 e. The highest BCUT2D eigenvalue weighted by atomic mass is 16.2. The molecule has 2 aromatic carbocycles. The number of rotatable bonds is 1. The molecule has 0 bridgehead atoms. The quantitative estimate of drug-likeness (QED) is 0.789. The standard InChI is InChI=1S/C15H13NO/c17-14-13-8-15(13,9-16-14)12-6-5-10-3-1-2-4-11(10)7-12/h1-7,13H,8-9H2,(H,16,17)/t13-,15?/m1/s1. The minimum absolute atomic E-state index is 0.112. The molecule has 4 rings (SSSR count). The van der Waals surface area contributed by atoms with Crippen molar-refractivity contribution < 1.29 is 4.79 Å². The molecular weight excluding hydrogens is 210 g/mol. The summed E-state index contributed by atoms with van der Waals surface area (Å²) in [5, 5.41) is 5.50. The third-order valence-corrected chi connectivity index (χ3v) is 4.29. The van der Waals surface area contributed by atoms with Crippen molar-refractivity contribution in [3.8, 4) is 0 Å². The van der Waals surface area contributed by atoms with Crippen molar-refractivity contribution in [2.45, 2.75) is 11.8 Å². The zero-order valence-electron chi connectivity index (χ0n) is 9.44. The monoisotopic (exact) mass is 223 g/mol. The van der Waals surface area contributed by atoms with Crippen molar-refractivity contribution in [1.82, 2.24) is 5.32 Å². The fourth-order valence-corrected chi connectivity index (χ4v) is 3.13. The molecule has 0 radical (unpaired) electrons. The first-order valence-corrected chi connectivity index (χ1v) is 6.07. The number of hydrogen-bond acceptors (Lipinski definition) is 1. The van der Waals surface area contributed by atoms with Crippen LogP contribution in [0.1, 0.15) is 12.0 Å². The summed E-state index contributed by atoms with van der Waals surface area (Å²) in [6.07, 6.45) is 1.02. The van der Waals surface area contributed by atoms with Crippen LogP contribution in [0, 0.1) is 5.92 Å². The fraction of sp³-hybridized carbons (Fsp3) is 0.267. The molecule has 0 aromatic heterocycles. The highest BCUT2D eigenvalue weighted by Crippen LogP contribution is 2.57. The molecule has 2 atom stereocenters. The van der Waals surface area contributed by atoms with E-state index in [0.717, 1.165) is 13.0 Å². The zero-order chi connectivity index (χ0) is 11.5. The van der Waals surface area contributed by atoms with Crippen LogP contribution in [0.5, 0.6) is 0 Å². The Bertz CT molecular complexity index is 634. The topological polar surface area (TPSA) is 29.1 Å². The lowest BCUT2D eigenvalue weighted by Crippen LogP contribution is -2.22. The van der Waals surface area contributed by atoms with E-state index in [1.54, 1.807) is 0 Å². The van der Waals surface area contributed by atoms with E-state index in [2.05, 4.69) is 47.8 Å². The molecule has 1 saturated heterocycles. The van der Waals surface area contributed by atoms with Crippen LogP contribution in [0.4, 0.5) is 0 Å². The Labute approximate surface area is 99.6 Å². The molecule has 1 aliphatic carbocycles. The second kappa shape index (κ2) is 2.89. The number of nitrogens with one attached hydrogen (secondary N) is 1. The van der Waals surface area contributed by atoms with E-state index in [1.165, 1.54) is 16.3 Å². The maximum atomic E-state index is 11.5. The van der Waals surface area contributed by atoms with Gasteiger partial charge in [-0.1, -0.05) is 42.5 Å². The normalized spacial score (nSPS) is 30.1. The summed E-state index contributed by atoms with van der Waals surface area (Å²) >= 11 is 0. The number of fused-ring (bicyclic) bond motifs is 2. The number of hydrogen-bond donors (Lipinski definition) is 1. The van der Waals surface area contributed by atoms with Gasteiger partial charge in [0.25, 0.3) is 0 Å². The van der Waals surface area contributed by atoms with E-state index in [1.807, 2.05) is 0 Å². The first-order chi connectivity index (χ1) is 8.29. The number of carbonyl (C=O) groups excluding carboxylic acids is 1. The van der Waals surface area contributed by atoms with Gasteiger partial charge in [0, 0.05) is 12.0 Å². The highest BCUT2D eigenvalue weighted by molar-refractivity contribution is 5.89. The SMILES string of the molecule is O=C1NCC2(c3ccc4ccccc4c3)C[C@H]12. The second-order valence-corrected chi connectivity index (χ2v) is 5.19. The Morgan fingerprint density at radius 2 is 1.94 bits per heavy atom. The van der Waals surface area contributed by atoms with Gasteiger partial charge in [-0.15, -0.1) is 0 Å². The Morgan fingerprint density at radius 3 is 2.65 bits per heavy atom. The molecule has 2 aliphatic rings. The Morgan fingerprint density at radius 1 is 1.12 bits per heavy atom. The molecule has 1 unspecified atom stereocenters. The first-order valence-electron chi connectivity index (χ1n) is 6.07. The molecule has 84 valence electrons. The Hall–Kier alpha value is -1.83. The van der Waals surface area contributed by atoms with Crippen LogP contribution < -0.4 is 5.32 Å². The number of amides is 1. The molecular formula is C15H13NO. The van der Waals surface area contributed by atoms with Gasteiger partial charge in [-0.25, -0.2) is 0 Å². The highest BCUT2D eigenvalue weighted by Gasteiger charge is 2.63. The first kappa shape index (κ1) is 9.23. The van der Waals surface area contributed by atoms with E-state index < -0.39 is 0 Å². The predicted molar refractivity (Wildman–Crippen MR) is 66.7 cm³/mol. The van der Waals surface area contributed by atoms with Crippen LogP contribution in [0.2, 0.25) is 0 Å². The molecule has 1 aliphatic heterocycles. The summed E-state index contributed by atoms with van der Waals surface area (Å²) in [7, 11) is 0. The minimum Gasteiger partial charge on any atom is -0.355 e. The van der Waals surface area contributed by atoms with Gasteiger partial charge in [-0.05, 0) is 22.8 Å². The smallest absolute Gasteiger partial charge is 0.224 e. The summed E-state index contributed by atoms with van der Waals surface area (Å²) in [4.78, 5) is 11.5. The van der Waals surface area contributed by atoms with Crippen LogP contribution >= 0.6 is 0 Å². The van der Waals surface area contributed by atoms with Crippen molar-refractivity contribution in [3.63, 3.8) is 0 Å². The second-order valence-electron chi connectivity index (χ2n) is 5.19. The van der Waals surface area contributed by atoms with Crippen molar-refractivity contribution in [2.75, 3.05) is 6.54 Å². The Kier molecular flexibility index (Phi) is 1.57. The summed E-state index contributed by atoms with van der Waals surface area (Å²) in [5.74, 6) is 0.460. The average molecular weight is 223 g/mol. The van der Waals surface area contributed by atoms with Crippen molar-refractivity contribution in [2.24, 2.45) is 5.92 Å². The van der Waals surface area contributed by atoms with Gasteiger partial charge in [-0.3, -0.25) is 4.79 Å². The van der Waals surface area contributed by atoms with Gasteiger partial charge in [0.1, 0.15) is 0 Å². The number of piperidine rings is 1. The number of carbonyl (C=O) groups is 1. The van der Waals surface area contributed by atoms with E-state index in [9.17, 15) is 4.79 Å². The summed E-state index contributed by atoms with van der Waals surface area (Å²) in [5.41, 5.74) is 1.43. The van der Waals surface area contributed by atoms with Crippen molar-refractivity contribution in [3.05, 3.63) is 48.0 Å². The predicted octanol–water partition coefficient (Wildman–Crippen LogP) is 2.23. The summed E-state index contributed by atoms with van der Waals surface area (Å²) in [6.45, 7) is 0.814. The largest absolute Gasteiger partial charge is 0.355 e. The van der Waals surface area contributed by atoms with Gasteiger partial charge < -0.3 is 5.32 Å².